The van der Waals surface area contributed by atoms with E-state index in [2.05, 4.69) is 29.2 Å². The van der Waals surface area contributed by atoms with Gasteiger partial charge < -0.3 is 15.2 Å². The number of phenolic OH excluding ortho intramolecular Hbond substituents is 1. The lowest BCUT2D eigenvalue weighted by Crippen LogP contribution is -2.36. The summed E-state index contributed by atoms with van der Waals surface area (Å²) in [6, 6.07) is 4.75. The largest absolute Gasteiger partial charge is 0.504 e. The highest BCUT2D eigenvalue weighted by atomic mass is 16.5. The van der Waals surface area contributed by atoms with Crippen molar-refractivity contribution in [3.05, 3.63) is 41.4 Å². The Labute approximate surface area is 145 Å². The Balaban J connectivity index is 1.88. The Kier molecular flexibility index (Phi) is 3.35. The van der Waals surface area contributed by atoms with E-state index in [0.717, 1.165) is 17.7 Å². The Morgan fingerprint density at radius 3 is 2.88 bits per heavy atom. The lowest BCUT2D eigenvalue weighted by molar-refractivity contribution is -0.118. The molecule has 7 heteroatoms. The minimum absolute atomic E-state index is 0.0333. The standard InChI is InChI=1S/C18H20N4O3/c1-18(2)7-11-15(13(24)8-18)16(22-17(21-11)19-9-20-22)10-4-5-14(25-3)12(23)6-10/h4-6,9,16,23H,7-8H2,1-3H3,(H,19,20,21). The third kappa shape index (κ3) is 2.47. The van der Waals surface area contributed by atoms with Crippen molar-refractivity contribution in [2.45, 2.75) is 32.7 Å². The predicted molar refractivity (Wildman–Crippen MR) is 91.5 cm³/mol. The minimum atomic E-state index is -0.408. The Morgan fingerprint density at radius 2 is 2.16 bits per heavy atom. The van der Waals surface area contributed by atoms with E-state index >= 15 is 0 Å². The highest BCUT2D eigenvalue weighted by molar-refractivity contribution is 6.00. The maximum atomic E-state index is 12.9. The van der Waals surface area contributed by atoms with Crippen LogP contribution in [0.15, 0.2) is 35.8 Å². The van der Waals surface area contributed by atoms with Crippen molar-refractivity contribution in [2.75, 3.05) is 12.4 Å². The van der Waals surface area contributed by atoms with E-state index in [1.54, 1.807) is 16.8 Å². The molecule has 130 valence electrons. The summed E-state index contributed by atoms with van der Waals surface area (Å²) in [6.45, 7) is 4.17. The number of methoxy groups -OCH3 is 1. The molecular formula is C18H20N4O3. The molecule has 1 aromatic heterocycles. The van der Waals surface area contributed by atoms with Crippen LogP contribution in [0.5, 0.6) is 11.5 Å². The Bertz CT molecular complexity index is 897. The number of phenols is 1. The number of aromatic hydroxyl groups is 1. The lowest BCUT2D eigenvalue weighted by Gasteiger charge is -2.38. The second kappa shape index (κ2) is 5.34. The van der Waals surface area contributed by atoms with Crippen molar-refractivity contribution in [2.24, 2.45) is 5.41 Å². The van der Waals surface area contributed by atoms with Gasteiger partial charge in [-0.1, -0.05) is 19.9 Å². The van der Waals surface area contributed by atoms with Crippen LogP contribution in [0.25, 0.3) is 0 Å². The average molecular weight is 340 g/mol. The number of allylic oxidation sites excluding steroid dienone is 2. The van der Waals surface area contributed by atoms with Crippen molar-refractivity contribution >= 4 is 11.7 Å². The number of carbonyl (C=O) groups excluding carboxylic acids is 1. The van der Waals surface area contributed by atoms with E-state index in [4.69, 9.17) is 4.74 Å². The highest BCUT2D eigenvalue weighted by Crippen LogP contribution is 2.45. The van der Waals surface area contributed by atoms with Crippen molar-refractivity contribution < 1.29 is 14.6 Å². The van der Waals surface area contributed by atoms with E-state index in [1.807, 2.05) is 6.07 Å². The molecule has 1 aliphatic heterocycles. The maximum absolute atomic E-state index is 12.9. The molecule has 2 aliphatic rings. The van der Waals surface area contributed by atoms with E-state index in [0.29, 0.717) is 23.7 Å². The van der Waals surface area contributed by atoms with Gasteiger partial charge in [-0.05, 0) is 29.5 Å². The second-order valence-electron chi connectivity index (χ2n) is 7.32. The molecule has 0 radical (unpaired) electrons. The highest BCUT2D eigenvalue weighted by Gasteiger charge is 2.41. The molecule has 0 saturated carbocycles. The zero-order valence-electron chi connectivity index (χ0n) is 14.4. The quantitative estimate of drug-likeness (QED) is 0.874. The molecule has 2 heterocycles. The van der Waals surface area contributed by atoms with Crippen LogP contribution in [-0.4, -0.2) is 32.8 Å². The first-order chi connectivity index (χ1) is 11.9. The number of hydrogen-bond acceptors (Lipinski definition) is 6. The zero-order chi connectivity index (χ0) is 17.8. The molecule has 25 heavy (non-hydrogen) atoms. The minimum Gasteiger partial charge on any atom is -0.504 e. The molecule has 0 fully saturated rings. The number of fused-ring (bicyclic) bond motifs is 1. The van der Waals surface area contributed by atoms with Crippen LogP contribution in [0.3, 0.4) is 0 Å². The van der Waals surface area contributed by atoms with Gasteiger partial charge in [-0.2, -0.15) is 10.1 Å². The maximum Gasteiger partial charge on any atom is 0.226 e. The molecule has 2 N–H and O–H groups in total. The van der Waals surface area contributed by atoms with Gasteiger partial charge in [0.1, 0.15) is 12.4 Å². The molecule has 1 unspecified atom stereocenters. The van der Waals surface area contributed by atoms with Gasteiger partial charge in [-0.15, -0.1) is 0 Å². The first-order valence-corrected chi connectivity index (χ1v) is 8.19. The van der Waals surface area contributed by atoms with E-state index in [9.17, 15) is 9.90 Å². The van der Waals surface area contributed by atoms with Gasteiger partial charge in [0.05, 0.1) is 7.11 Å². The zero-order valence-corrected chi connectivity index (χ0v) is 14.4. The van der Waals surface area contributed by atoms with Crippen LogP contribution in [0.4, 0.5) is 5.95 Å². The van der Waals surface area contributed by atoms with Gasteiger partial charge in [0, 0.05) is 17.7 Å². The van der Waals surface area contributed by atoms with Crippen LogP contribution >= 0.6 is 0 Å². The van der Waals surface area contributed by atoms with Crippen LogP contribution in [0.2, 0.25) is 0 Å². The number of aromatic nitrogens is 3. The van der Waals surface area contributed by atoms with E-state index in [1.165, 1.54) is 13.4 Å². The van der Waals surface area contributed by atoms with E-state index in [-0.39, 0.29) is 16.9 Å². The normalized spacial score (nSPS) is 21.4. The Hall–Kier alpha value is -2.83. The lowest BCUT2D eigenvalue weighted by atomic mass is 9.73. The number of ketones is 1. The summed E-state index contributed by atoms with van der Waals surface area (Å²) in [5.74, 6) is 1.12. The molecular weight excluding hydrogens is 320 g/mol. The summed E-state index contributed by atoms with van der Waals surface area (Å²) in [5, 5.41) is 17.7. The first kappa shape index (κ1) is 15.7. The summed E-state index contributed by atoms with van der Waals surface area (Å²) in [5.41, 5.74) is 2.26. The van der Waals surface area contributed by atoms with Crippen molar-refractivity contribution in [3.63, 3.8) is 0 Å². The smallest absolute Gasteiger partial charge is 0.226 e. The summed E-state index contributed by atoms with van der Waals surface area (Å²) in [7, 11) is 1.50. The van der Waals surface area contributed by atoms with Gasteiger partial charge in [-0.25, -0.2) is 4.68 Å². The molecule has 0 saturated heterocycles. The number of nitrogens with one attached hydrogen (secondary N) is 1. The summed E-state index contributed by atoms with van der Waals surface area (Å²) < 4.78 is 6.81. The summed E-state index contributed by atoms with van der Waals surface area (Å²) in [4.78, 5) is 17.2. The fourth-order valence-electron chi connectivity index (χ4n) is 3.73. The topological polar surface area (TPSA) is 89.3 Å². The van der Waals surface area contributed by atoms with Crippen molar-refractivity contribution in [1.29, 1.82) is 0 Å². The SMILES string of the molecule is COc1ccc(C2C3=C(CC(C)(C)CC3=O)Nc3ncnn32)cc1O. The number of benzene rings is 1. The van der Waals surface area contributed by atoms with Crippen molar-refractivity contribution in [1.82, 2.24) is 14.8 Å². The monoisotopic (exact) mass is 340 g/mol. The first-order valence-electron chi connectivity index (χ1n) is 8.19. The molecule has 0 spiro atoms. The average Bonchev–Trinajstić information content (AvgIpc) is 2.99. The van der Waals surface area contributed by atoms with Gasteiger partial charge in [0.25, 0.3) is 0 Å². The van der Waals surface area contributed by atoms with Gasteiger partial charge in [-0.3, -0.25) is 4.79 Å². The number of carbonyl (C=O) groups is 1. The number of hydrogen-bond donors (Lipinski definition) is 2. The van der Waals surface area contributed by atoms with Crippen LogP contribution < -0.4 is 10.1 Å². The number of nitrogens with zero attached hydrogens (tertiary/aromatic N) is 3. The molecule has 4 rings (SSSR count). The summed E-state index contributed by atoms with van der Waals surface area (Å²) in [6.07, 6.45) is 2.71. The molecule has 7 nitrogen and oxygen atoms in total. The number of rotatable bonds is 2. The Morgan fingerprint density at radius 1 is 1.36 bits per heavy atom. The molecule has 1 aromatic carbocycles. The summed E-state index contributed by atoms with van der Waals surface area (Å²) >= 11 is 0. The van der Waals surface area contributed by atoms with Gasteiger partial charge in [0.15, 0.2) is 17.3 Å². The van der Waals surface area contributed by atoms with Crippen molar-refractivity contribution in [3.8, 4) is 11.5 Å². The molecule has 0 amide bonds. The van der Waals surface area contributed by atoms with Crippen LogP contribution in [-0.2, 0) is 4.79 Å². The second-order valence-corrected chi connectivity index (χ2v) is 7.32. The van der Waals surface area contributed by atoms with E-state index < -0.39 is 6.04 Å². The molecule has 0 bridgehead atoms. The number of ether oxygens (including phenoxy) is 1. The van der Waals surface area contributed by atoms with Gasteiger partial charge in [0.2, 0.25) is 5.95 Å². The third-order valence-electron chi connectivity index (χ3n) is 4.79. The fourth-order valence-corrected chi connectivity index (χ4v) is 3.73. The third-order valence-corrected chi connectivity index (χ3v) is 4.79. The fraction of sp³-hybridized carbons (Fsp3) is 0.389. The predicted octanol–water partition coefficient (Wildman–Crippen LogP) is 2.65. The molecule has 2 aromatic rings. The van der Waals surface area contributed by atoms with Crippen LogP contribution in [0, 0.1) is 5.41 Å². The molecule has 1 atom stereocenters. The number of Topliss-reactive ketones (excluding diaryl/α,β-unsaturated/α-hetero) is 1. The van der Waals surface area contributed by atoms with Gasteiger partial charge >= 0.3 is 0 Å². The molecule has 1 aliphatic carbocycles. The van der Waals surface area contributed by atoms with Crippen LogP contribution in [0.1, 0.15) is 38.3 Å². The number of anilines is 1.